The van der Waals surface area contributed by atoms with E-state index in [1.54, 1.807) is 13.8 Å². The van der Waals surface area contributed by atoms with Gasteiger partial charge in [0.15, 0.2) is 0 Å². The predicted molar refractivity (Wildman–Crippen MR) is 102 cm³/mol. The van der Waals surface area contributed by atoms with Crippen LogP contribution in [-0.2, 0) is 10.0 Å². The van der Waals surface area contributed by atoms with Gasteiger partial charge in [-0.1, -0.05) is 27.2 Å². The first-order valence-corrected chi connectivity index (χ1v) is 10.4. The molecule has 1 aromatic carbocycles. The van der Waals surface area contributed by atoms with E-state index in [1.165, 1.54) is 16.4 Å². The highest BCUT2D eigenvalue weighted by molar-refractivity contribution is 7.89. The van der Waals surface area contributed by atoms with Crippen LogP contribution in [0.5, 0.6) is 0 Å². The van der Waals surface area contributed by atoms with E-state index in [4.69, 9.17) is 0 Å². The average Bonchev–Trinajstić information content (AvgIpc) is 2.61. The Kier molecular flexibility index (Phi) is 6.71. The van der Waals surface area contributed by atoms with Crippen LogP contribution in [0.15, 0.2) is 28.2 Å². The van der Waals surface area contributed by atoms with Crippen LogP contribution in [0.3, 0.4) is 0 Å². The number of rotatable bonds is 7. The highest BCUT2D eigenvalue weighted by atomic mass is 32.2. The number of hydrogen-bond donors (Lipinski definition) is 1. The average molecular weight is 382 g/mol. The molecule has 2 rings (SSSR count). The number of anilines is 1. The molecule has 1 N–H and O–H groups in total. The van der Waals surface area contributed by atoms with Gasteiger partial charge in [-0.15, -0.1) is 0 Å². The summed E-state index contributed by atoms with van der Waals surface area (Å²) < 4.78 is 26.4. The van der Waals surface area contributed by atoms with Crippen molar-refractivity contribution in [1.82, 2.24) is 4.31 Å². The molecule has 0 aromatic heterocycles. The van der Waals surface area contributed by atoms with E-state index in [2.05, 4.69) is 17.5 Å². The summed E-state index contributed by atoms with van der Waals surface area (Å²) in [5.74, 6) is 0.345. The molecule has 0 aliphatic heterocycles. The molecule has 8 nitrogen and oxygen atoms in total. The largest absolute Gasteiger partial charge is 0.295 e. The monoisotopic (exact) mass is 382 g/mol. The molecule has 0 unspecified atom stereocenters. The lowest BCUT2D eigenvalue weighted by molar-refractivity contribution is -0.384. The summed E-state index contributed by atoms with van der Waals surface area (Å²) in [6.07, 6.45) is 4.16. The van der Waals surface area contributed by atoms with Gasteiger partial charge in [0.1, 0.15) is 5.69 Å². The third-order valence-corrected chi connectivity index (χ3v) is 6.76. The number of hydrogen-bond acceptors (Lipinski definition) is 6. The lowest BCUT2D eigenvalue weighted by atomic mass is 9.89. The lowest BCUT2D eigenvalue weighted by Crippen LogP contribution is -2.30. The number of nitrogens with one attached hydrogen (secondary N) is 1. The summed E-state index contributed by atoms with van der Waals surface area (Å²) in [6, 6.07) is 3.89. The molecular weight excluding hydrogens is 356 g/mol. The third-order valence-electron chi connectivity index (χ3n) is 4.72. The lowest BCUT2D eigenvalue weighted by Gasteiger charge is -2.20. The van der Waals surface area contributed by atoms with Crippen LogP contribution in [0.2, 0.25) is 0 Å². The van der Waals surface area contributed by atoms with E-state index in [-0.39, 0.29) is 16.3 Å². The maximum atomic E-state index is 12.6. The summed E-state index contributed by atoms with van der Waals surface area (Å²) in [6.45, 7) is 6.16. The third kappa shape index (κ3) is 4.39. The topological polar surface area (TPSA) is 105 Å². The van der Waals surface area contributed by atoms with Crippen LogP contribution >= 0.6 is 0 Å². The number of sulfonamides is 1. The zero-order valence-corrected chi connectivity index (χ0v) is 16.3. The zero-order chi connectivity index (χ0) is 19.3. The van der Waals surface area contributed by atoms with E-state index >= 15 is 0 Å². The van der Waals surface area contributed by atoms with Crippen molar-refractivity contribution in [3.8, 4) is 0 Å². The van der Waals surface area contributed by atoms with Gasteiger partial charge in [0.25, 0.3) is 5.69 Å². The second-order valence-electron chi connectivity index (χ2n) is 6.39. The fourth-order valence-electron chi connectivity index (χ4n) is 3.10. The molecule has 1 saturated carbocycles. The van der Waals surface area contributed by atoms with Gasteiger partial charge < -0.3 is 0 Å². The second-order valence-corrected chi connectivity index (χ2v) is 8.33. The summed E-state index contributed by atoms with van der Waals surface area (Å²) in [5, 5.41) is 15.8. The van der Waals surface area contributed by atoms with Crippen LogP contribution in [-0.4, -0.2) is 36.4 Å². The molecule has 0 radical (unpaired) electrons. The standard InChI is InChI=1S/C17H26N4O4S/c1-4-20(5-2)26(24,25)14-10-11-16(17(12-14)21(22)23)19-18-15-9-7-6-8-13(15)3/h10-13,19H,4-9H2,1-3H3/b18-15+/t13-/m1/s1. The quantitative estimate of drug-likeness (QED) is 0.573. The van der Waals surface area contributed by atoms with Crippen molar-refractivity contribution in [2.45, 2.75) is 51.3 Å². The Labute approximate surface area is 154 Å². The van der Waals surface area contributed by atoms with Crippen molar-refractivity contribution in [1.29, 1.82) is 0 Å². The van der Waals surface area contributed by atoms with Gasteiger partial charge in [-0.25, -0.2) is 8.42 Å². The Hall–Kier alpha value is -2.00. The fourth-order valence-corrected chi connectivity index (χ4v) is 4.58. The van der Waals surface area contributed by atoms with Gasteiger partial charge in [-0.3, -0.25) is 15.5 Å². The van der Waals surface area contributed by atoms with Gasteiger partial charge in [0.2, 0.25) is 10.0 Å². The van der Waals surface area contributed by atoms with Crippen molar-refractivity contribution >= 4 is 27.1 Å². The summed E-state index contributed by atoms with van der Waals surface area (Å²) in [4.78, 5) is 10.8. The van der Waals surface area contributed by atoms with Crippen molar-refractivity contribution < 1.29 is 13.3 Å². The number of nitro benzene ring substituents is 1. The Balaban J connectivity index is 2.35. The highest BCUT2D eigenvalue weighted by Gasteiger charge is 2.26. The molecule has 144 valence electrons. The molecule has 1 aliphatic carbocycles. The maximum Gasteiger partial charge on any atom is 0.295 e. The van der Waals surface area contributed by atoms with Crippen LogP contribution < -0.4 is 5.43 Å². The summed E-state index contributed by atoms with van der Waals surface area (Å²) >= 11 is 0. The minimum Gasteiger partial charge on any atom is -0.272 e. The van der Waals surface area contributed by atoms with Gasteiger partial charge in [-0.2, -0.15) is 9.41 Å². The van der Waals surface area contributed by atoms with Crippen molar-refractivity contribution in [3.05, 3.63) is 28.3 Å². The van der Waals surface area contributed by atoms with E-state index in [1.807, 2.05) is 0 Å². The van der Waals surface area contributed by atoms with Gasteiger partial charge in [0, 0.05) is 24.9 Å². The Morgan fingerprint density at radius 3 is 2.58 bits per heavy atom. The molecule has 0 heterocycles. The molecule has 1 fully saturated rings. The SMILES string of the molecule is CCN(CC)S(=O)(=O)c1ccc(N/N=C2\CCCC[C@H]2C)c([N+](=O)[O-])c1. The maximum absolute atomic E-state index is 12.6. The zero-order valence-electron chi connectivity index (χ0n) is 15.4. The van der Waals surface area contributed by atoms with E-state index in [0.717, 1.165) is 37.5 Å². The minimum absolute atomic E-state index is 0.0860. The molecule has 26 heavy (non-hydrogen) atoms. The molecule has 9 heteroatoms. The molecular formula is C17H26N4O4S. The molecule has 0 spiro atoms. The molecule has 1 aromatic rings. The smallest absolute Gasteiger partial charge is 0.272 e. The molecule has 1 atom stereocenters. The first-order valence-electron chi connectivity index (χ1n) is 8.92. The molecule has 0 bridgehead atoms. The number of nitrogens with zero attached hydrogens (tertiary/aromatic N) is 3. The van der Waals surface area contributed by atoms with Crippen LogP contribution in [0.25, 0.3) is 0 Å². The number of benzene rings is 1. The molecule has 0 saturated heterocycles. The second kappa shape index (κ2) is 8.59. The predicted octanol–water partition coefficient (Wildman–Crippen LogP) is 3.60. The Bertz CT molecular complexity index is 788. The van der Waals surface area contributed by atoms with Crippen molar-refractivity contribution in [3.63, 3.8) is 0 Å². The van der Waals surface area contributed by atoms with Gasteiger partial charge in [0.05, 0.1) is 9.82 Å². The number of hydrazone groups is 1. The Morgan fingerprint density at radius 2 is 2.00 bits per heavy atom. The molecule has 1 aliphatic rings. The summed E-state index contributed by atoms with van der Waals surface area (Å²) in [5.41, 5.74) is 3.65. The van der Waals surface area contributed by atoms with Gasteiger partial charge >= 0.3 is 0 Å². The first kappa shape index (κ1) is 20.3. The normalized spacial score (nSPS) is 19.7. The summed E-state index contributed by atoms with van der Waals surface area (Å²) in [7, 11) is -3.75. The highest BCUT2D eigenvalue weighted by Crippen LogP contribution is 2.29. The van der Waals surface area contributed by atoms with Crippen molar-refractivity contribution in [2.75, 3.05) is 18.5 Å². The van der Waals surface area contributed by atoms with Crippen molar-refractivity contribution in [2.24, 2.45) is 11.0 Å². The first-order chi connectivity index (χ1) is 12.3. The Morgan fingerprint density at radius 1 is 1.31 bits per heavy atom. The number of nitro groups is 1. The van der Waals surface area contributed by atoms with E-state index in [9.17, 15) is 18.5 Å². The van der Waals surface area contributed by atoms with E-state index in [0.29, 0.717) is 19.0 Å². The van der Waals surface area contributed by atoms with Crippen LogP contribution in [0.1, 0.15) is 46.5 Å². The minimum atomic E-state index is -3.75. The van der Waals surface area contributed by atoms with Crippen LogP contribution in [0.4, 0.5) is 11.4 Å². The fraction of sp³-hybridized carbons (Fsp3) is 0.588. The van der Waals surface area contributed by atoms with Gasteiger partial charge in [-0.05, 0) is 37.3 Å². The van der Waals surface area contributed by atoms with E-state index < -0.39 is 14.9 Å². The molecule has 0 amide bonds. The van der Waals surface area contributed by atoms with Crippen LogP contribution in [0, 0.1) is 16.0 Å².